The zero-order valence-corrected chi connectivity index (χ0v) is 12.6. The summed E-state index contributed by atoms with van der Waals surface area (Å²) in [4.78, 5) is 0. The maximum atomic E-state index is 13.4. The minimum Gasteiger partial charge on any atom is -0.205 e. The number of nitrogens with zero attached hydrogens (tertiary/aromatic N) is 3. The molecule has 0 amide bonds. The van der Waals surface area contributed by atoms with Crippen LogP contribution < -0.4 is 0 Å². The largest absolute Gasteiger partial charge is 0.205 e. The Morgan fingerprint density at radius 2 is 1.57 bits per heavy atom. The molecule has 0 N–H and O–H groups in total. The van der Waals surface area contributed by atoms with Gasteiger partial charge in [0, 0.05) is 5.56 Å². The average molecular weight is 311 g/mol. The molecule has 0 aliphatic heterocycles. The van der Waals surface area contributed by atoms with Crippen molar-refractivity contribution in [2.75, 3.05) is 0 Å². The van der Waals surface area contributed by atoms with Gasteiger partial charge in [-0.05, 0) is 29.7 Å². The molecule has 0 radical (unpaired) electrons. The Bertz CT molecular complexity index is 749. The quantitative estimate of drug-likeness (QED) is 0.602. The molecule has 0 atom stereocenters. The Morgan fingerprint density at radius 1 is 1.00 bits per heavy atom. The molecule has 0 bridgehead atoms. The molecular weight excluding hydrogens is 296 g/mol. The molecule has 5 heteroatoms. The molecule has 0 heterocycles. The van der Waals surface area contributed by atoms with Gasteiger partial charge in [0.05, 0.1) is 12.4 Å². The second kappa shape index (κ2) is 7.95. The summed E-state index contributed by atoms with van der Waals surface area (Å²) in [5.41, 5.74) is 1.75. The molecule has 3 nitrogen and oxygen atoms in total. The second-order valence-corrected chi connectivity index (χ2v) is 4.95. The number of benzene rings is 2. The van der Waals surface area contributed by atoms with Gasteiger partial charge in [-0.15, -0.1) is 0 Å². The summed E-state index contributed by atoms with van der Waals surface area (Å²) in [6, 6.07) is 11.5. The highest BCUT2D eigenvalue weighted by molar-refractivity contribution is 5.82. The van der Waals surface area contributed by atoms with Crippen molar-refractivity contribution >= 4 is 12.4 Å². The van der Waals surface area contributed by atoms with Gasteiger partial charge in [-0.1, -0.05) is 37.6 Å². The van der Waals surface area contributed by atoms with E-state index in [9.17, 15) is 8.78 Å². The predicted octanol–water partition coefficient (Wildman–Crippen LogP) is 4.24. The lowest BCUT2D eigenvalue weighted by Gasteiger charge is -1.98. The molecule has 0 saturated heterocycles. The Kier molecular flexibility index (Phi) is 5.70. The molecule has 116 valence electrons. The van der Waals surface area contributed by atoms with Gasteiger partial charge >= 0.3 is 0 Å². The van der Waals surface area contributed by atoms with E-state index < -0.39 is 17.2 Å². The lowest BCUT2D eigenvalue weighted by atomic mass is 10.1. The van der Waals surface area contributed by atoms with Crippen LogP contribution in [0.4, 0.5) is 8.78 Å². The molecule has 0 spiro atoms. The van der Waals surface area contributed by atoms with Gasteiger partial charge in [-0.25, -0.2) is 8.78 Å². The molecule has 2 aromatic rings. The molecule has 0 aliphatic rings. The number of hydrogen-bond donors (Lipinski definition) is 0. The van der Waals surface area contributed by atoms with Gasteiger partial charge in [-0.2, -0.15) is 15.5 Å². The zero-order chi connectivity index (χ0) is 16.7. The number of rotatable bonds is 5. The van der Waals surface area contributed by atoms with Crippen molar-refractivity contribution in [3.63, 3.8) is 0 Å². The van der Waals surface area contributed by atoms with Gasteiger partial charge < -0.3 is 0 Å². The third-order valence-electron chi connectivity index (χ3n) is 3.17. The van der Waals surface area contributed by atoms with Crippen LogP contribution in [0, 0.1) is 23.0 Å². The van der Waals surface area contributed by atoms with E-state index in [1.165, 1.54) is 17.8 Å². The minimum absolute atomic E-state index is 0.203. The van der Waals surface area contributed by atoms with E-state index in [2.05, 4.69) is 17.1 Å². The number of nitriles is 1. The van der Waals surface area contributed by atoms with Gasteiger partial charge in [0.1, 0.15) is 23.3 Å². The van der Waals surface area contributed by atoms with Crippen LogP contribution in [0.1, 0.15) is 35.6 Å². The highest BCUT2D eigenvalue weighted by Crippen LogP contribution is 2.13. The van der Waals surface area contributed by atoms with E-state index in [1.807, 2.05) is 24.3 Å². The number of hydrogen-bond acceptors (Lipinski definition) is 3. The van der Waals surface area contributed by atoms with Crippen molar-refractivity contribution < 1.29 is 8.78 Å². The first-order chi connectivity index (χ1) is 11.1. The summed E-state index contributed by atoms with van der Waals surface area (Å²) < 4.78 is 26.8. The Hall–Kier alpha value is -2.87. The Balaban J connectivity index is 2.05. The fraction of sp³-hybridized carbons (Fsp3) is 0.167. The standard InChI is InChI=1S/C18H15F2N3/c1-2-3-13-4-6-14(7-5-13)11-22-23-12-15-8-17(19)16(10-21)18(20)9-15/h4-9,11-12H,2-3H2,1H3. The van der Waals surface area contributed by atoms with Gasteiger partial charge in [-0.3, -0.25) is 0 Å². The molecule has 0 aromatic heterocycles. The van der Waals surface area contributed by atoms with Crippen molar-refractivity contribution in [1.82, 2.24) is 0 Å². The van der Waals surface area contributed by atoms with E-state index in [-0.39, 0.29) is 5.56 Å². The van der Waals surface area contributed by atoms with Crippen molar-refractivity contribution in [2.45, 2.75) is 19.8 Å². The van der Waals surface area contributed by atoms with Crippen molar-refractivity contribution in [2.24, 2.45) is 10.2 Å². The molecule has 0 unspecified atom stereocenters. The summed E-state index contributed by atoms with van der Waals surface area (Å²) in [6.45, 7) is 2.12. The topological polar surface area (TPSA) is 48.5 Å². The van der Waals surface area contributed by atoms with Crippen LogP contribution in [0.15, 0.2) is 46.6 Å². The lowest BCUT2D eigenvalue weighted by Crippen LogP contribution is -1.93. The van der Waals surface area contributed by atoms with Crippen LogP contribution in [0.5, 0.6) is 0 Å². The smallest absolute Gasteiger partial charge is 0.144 e. The number of aryl methyl sites for hydroxylation is 1. The minimum atomic E-state index is -0.913. The first kappa shape index (κ1) is 16.5. The van der Waals surface area contributed by atoms with Gasteiger partial charge in [0.15, 0.2) is 0 Å². The molecule has 2 aromatic carbocycles. The van der Waals surface area contributed by atoms with E-state index >= 15 is 0 Å². The fourth-order valence-corrected chi connectivity index (χ4v) is 2.03. The van der Waals surface area contributed by atoms with E-state index in [1.54, 1.807) is 6.21 Å². The van der Waals surface area contributed by atoms with E-state index in [4.69, 9.17) is 5.26 Å². The predicted molar refractivity (Wildman–Crippen MR) is 86.7 cm³/mol. The van der Waals surface area contributed by atoms with Crippen molar-refractivity contribution in [1.29, 1.82) is 5.26 Å². The molecule has 0 saturated carbocycles. The van der Waals surface area contributed by atoms with Crippen LogP contribution in [-0.4, -0.2) is 12.4 Å². The van der Waals surface area contributed by atoms with Crippen molar-refractivity contribution in [3.8, 4) is 6.07 Å². The maximum absolute atomic E-state index is 13.4. The average Bonchev–Trinajstić information content (AvgIpc) is 2.53. The zero-order valence-electron chi connectivity index (χ0n) is 12.6. The van der Waals surface area contributed by atoms with Crippen LogP contribution in [0.25, 0.3) is 0 Å². The first-order valence-corrected chi connectivity index (χ1v) is 7.18. The van der Waals surface area contributed by atoms with Crippen LogP contribution in [0.2, 0.25) is 0 Å². The third kappa shape index (κ3) is 4.55. The summed E-state index contributed by atoms with van der Waals surface area (Å²) in [7, 11) is 0. The lowest BCUT2D eigenvalue weighted by molar-refractivity contribution is 0.576. The summed E-state index contributed by atoms with van der Waals surface area (Å²) in [6.07, 6.45) is 4.92. The van der Waals surface area contributed by atoms with Crippen LogP contribution in [0.3, 0.4) is 0 Å². The highest BCUT2D eigenvalue weighted by atomic mass is 19.1. The normalized spacial score (nSPS) is 11.2. The SMILES string of the molecule is CCCc1ccc(C=NN=Cc2cc(F)c(C#N)c(F)c2)cc1. The Morgan fingerprint density at radius 3 is 2.09 bits per heavy atom. The summed E-state index contributed by atoms with van der Waals surface area (Å²) in [5, 5.41) is 16.2. The van der Waals surface area contributed by atoms with Gasteiger partial charge in [0.2, 0.25) is 0 Å². The van der Waals surface area contributed by atoms with Crippen LogP contribution >= 0.6 is 0 Å². The summed E-state index contributed by atoms with van der Waals surface area (Å²) >= 11 is 0. The number of halogens is 2. The molecule has 23 heavy (non-hydrogen) atoms. The molecule has 0 aliphatic carbocycles. The van der Waals surface area contributed by atoms with Crippen molar-refractivity contribution in [3.05, 3.63) is 70.3 Å². The van der Waals surface area contributed by atoms with Gasteiger partial charge in [0.25, 0.3) is 0 Å². The maximum Gasteiger partial charge on any atom is 0.144 e. The molecule has 0 fully saturated rings. The Labute approximate surface area is 133 Å². The molecule has 2 rings (SSSR count). The second-order valence-electron chi connectivity index (χ2n) is 4.95. The highest BCUT2D eigenvalue weighted by Gasteiger charge is 2.09. The monoisotopic (exact) mass is 311 g/mol. The first-order valence-electron chi connectivity index (χ1n) is 7.18. The van der Waals surface area contributed by atoms with E-state index in [0.29, 0.717) is 0 Å². The van der Waals surface area contributed by atoms with E-state index in [0.717, 1.165) is 30.5 Å². The molecular formula is C18H15F2N3. The van der Waals surface area contributed by atoms with Crippen LogP contribution in [-0.2, 0) is 6.42 Å². The summed E-state index contributed by atoms with van der Waals surface area (Å²) in [5.74, 6) is -1.83. The fourth-order valence-electron chi connectivity index (χ4n) is 2.03. The third-order valence-corrected chi connectivity index (χ3v) is 3.17.